The Morgan fingerprint density at radius 3 is 1.98 bits per heavy atom. The third-order valence-corrected chi connectivity index (χ3v) is 9.41. The molecule has 0 saturated heterocycles. The standard InChI is InChI=1S/C44H27NO2/c1-2-10-28(11-3-1)34-13-6-8-16-40(34)45(32-20-18-30-25-39-36-15-7-9-17-41(36)46-42(39)26-31(30)24-32)33-21-23-37-38-22-19-29-12-4-5-14-35(29)44(38)47-43(37)27-33/h1-27H. The lowest BCUT2D eigenvalue weighted by Gasteiger charge is -2.28. The number of fused-ring (bicyclic) bond motifs is 9. The number of hydrogen-bond donors (Lipinski definition) is 0. The number of nitrogens with zero attached hydrogens (tertiary/aromatic N) is 1. The monoisotopic (exact) mass is 601 g/mol. The highest BCUT2D eigenvalue weighted by molar-refractivity contribution is 6.16. The largest absolute Gasteiger partial charge is 0.456 e. The Morgan fingerprint density at radius 1 is 0.362 bits per heavy atom. The van der Waals surface area contributed by atoms with E-state index in [1.165, 1.54) is 10.8 Å². The second kappa shape index (κ2) is 10.1. The summed E-state index contributed by atoms with van der Waals surface area (Å²) >= 11 is 0. The van der Waals surface area contributed by atoms with E-state index in [1.54, 1.807) is 0 Å². The SMILES string of the molecule is c1ccc(-c2ccccc2N(c2ccc3cc4c(cc3c2)oc2ccccc24)c2ccc3c(c2)oc2c4ccccc4ccc32)cc1. The van der Waals surface area contributed by atoms with Crippen molar-refractivity contribution < 1.29 is 8.83 Å². The topological polar surface area (TPSA) is 29.5 Å². The maximum Gasteiger partial charge on any atom is 0.143 e. The van der Waals surface area contributed by atoms with E-state index in [0.717, 1.165) is 82.8 Å². The molecule has 0 amide bonds. The zero-order valence-electron chi connectivity index (χ0n) is 25.4. The van der Waals surface area contributed by atoms with E-state index in [4.69, 9.17) is 8.83 Å². The van der Waals surface area contributed by atoms with Crippen molar-refractivity contribution >= 4 is 82.5 Å². The van der Waals surface area contributed by atoms with Gasteiger partial charge in [-0.1, -0.05) is 103 Å². The maximum absolute atomic E-state index is 6.65. The van der Waals surface area contributed by atoms with E-state index in [2.05, 4.69) is 157 Å². The summed E-state index contributed by atoms with van der Waals surface area (Å²) in [5.41, 5.74) is 9.06. The van der Waals surface area contributed by atoms with E-state index in [1.807, 2.05) is 12.1 Å². The van der Waals surface area contributed by atoms with Gasteiger partial charge in [0.25, 0.3) is 0 Å². The molecule has 2 aromatic heterocycles. The Bertz CT molecular complexity index is 2810. The number of benzene rings is 8. The van der Waals surface area contributed by atoms with Gasteiger partial charge in [0.05, 0.1) is 5.69 Å². The molecule has 3 nitrogen and oxygen atoms in total. The normalized spacial score (nSPS) is 11.8. The fourth-order valence-electron chi connectivity index (χ4n) is 7.18. The van der Waals surface area contributed by atoms with Gasteiger partial charge in [-0.15, -0.1) is 0 Å². The van der Waals surface area contributed by atoms with Crippen molar-refractivity contribution in [1.82, 2.24) is 0 Å². The van der Waals surface area contributed by atoms with Crippen LogP contribution in [0.3, 0.4) is 0 Å². The molecule has 0 aliphatic carbocycles. The summed E-state index contributed by atoms with van der Waals surface area (Å²) in [5.74, 6) is 0. The van der Waals surface area contributed by atoms with E-state index < -0.39 is 0 Å². The Labute approximate surface area is 270 Å². The maximum atomic E-state index is 6.65. The van der Waals surface area contributed by atoms with Crippen LogP contribution in [-0.4, -0.2) is 0 Å². The van der Waals surface area contributed by atoms with Crippen molar-refractivity contribution in [3.8, 4) is 11.1 Å². The average Bonchev–Trinajstić information content (AvgIpc) is 3.69. The van der Waals surface area contributed by atoms with Crippen molar-refractivity contribution in [3.05, 3.63) is 164 Å². The summed E-state index contributed by atoms with van der Waals surface area (Å²) in [5, 5.41) is 9.09. The molecule has 220 valence electrons. The Balaban J connectivity index is 1.21. The number of para-hydroxylation sites is 2. The van der Waals surface area contributed by atoms with Gasteiger partial charge in [-0.25, -0.2) is 0 Å². The first-order valence-electron chi connectivity index (χ1n) is 15.9. The number of anilines is 3. The molecular formula is C44H27NO2. The molecule has 0 aliphatic heterocycles. The first kappa shape index (κ1) is 26.0. The van der Waals surface area contributed by atoms with Crippen molar-refractivity contribution in [2.75, 3.05) is 4.90 Å². The molecule has 0 aliphatic rings. The molecule has 10 rings (SSSR count). The van der Waals surface area contributed by atoms with Gasteiger partial charge >= 0.3 is 0 Å². The lowest BCUT2D eigenvalue weighted by atomic mass is 10.0. The van der Waals surface area contributed by atoms with Crippen LogP contribution in [0.15, 0.2) is 173 Å². The molecule has 8 aromatic carbocycles. The minimum atomic E-state index is 0.862. The zero-order valence-corrected chi connectivity index (χ0v) is 25.4. The second-order valence-electron chi connectivity index (χ2n) is 12.1. The average molecular weight is 602 g/mol. The Kier molecular flexibility index (Phi) is 5.57. The van der Waals surface area contributed by atoms with Crippen LogP contribution in [0.2, 0.25) is 0 Å². The molecule has 3 heteroatoms. The molecule has 0 fully saturated rings. The van der Waals surface area contributed by atoms with Gasteiger partial charge in [-0.3, -0.25) is 0 Å². The third-order valence-electron chi connectivity index (χ3n) is 9.41. The summed E-state index contributed by atoms with van der Waals surface area (Å²) in [6, 6.07) is 57.9. The van der Waals surface area contributed by atoms with Gasteiger partial charge in [0.15, 0.2) is 0 Å². The summed E-state index contributed by atoms with van der Waals surface area (Å²) < 4.78 is 12.9. The van der Waals surface area contributed by atoms with Crippen LogP contribution < -0.4 is 4.90 Å². The Morgan fingerprint density at radius 2 is 1.04 bits per heavy atom. The first-order valence-corrected chi connectivity index (χ1v) is 15.9. The molecular weight excluding hydrogens is 574 g/mol. The third kappa shape index (κ3) is 4.07. The first-order chi connectivity index (χ1) is 23.3. The molecule has 2 heterocycles. The highest BCUT2D eigenvalue weighted by Gasteiger charge is 2.20. The van der Waals surface area contributed by atoms with E-state index >= 15 is 0 Å². The molecule has 0 radical (unpaired) electrons. The van der Waals surface area contributed by atoms with Gasteiger partial charge in [-0.05, 0) is 76.3 Å². The minimum Gasteiger partial charge on any atom is -0.456 e. The molecule has 0 atom stereocenters. The smallest absolute Gasteiger partial charge is 0.143 e. The Hall–Kier alpha value is -6.32. The van der Waals surface area contributed by atoms with E-state index in [9.17, 15) is 0 Å². The number of furan rings is 2. The summed E-state index contributed by atoms with van der Waals surface area (Å²) in [6.45, 7) is 0. The minimum absolute atomic E-state index is 0.862. The number of rotatable bonds is 4. The van der Waals surface area contributed by atoms with Crippen LogP contribution in [0.4, 0.5) is 17.1 Å². The molecule has 0 spiro atoms. The van der Waals surface area contributed by atoms with Crippen LogP contribution in [0.1, 0.15) is 0 Å². The quantitative estimate of drug-likeness (QED) is 0.201. The van der Waals surface area contributed by atoms with Crippen molar-refractivity contribution in [2.45, 2.75) is 0 Å². The fourth-order valence-corrected chi connectivity index (χ4v) is 7.18. The molecule has 0 N–H and O–H groups in total. The number of hydrogen-bond acceptors (Lipinski definition) is 3. The predicted octanol–water partition coefficient (Wildman–Crippen LogP) is 12.9. The van der Waals surface area contributed by atoms with Crippen LogP contribution in [0.25, 0.3) is 76.5 Å². The van der Waals surface area contributed by atoms with Gasteiger partial charge in [0, 0.05) is 49.9 Å². The predicted molar refractivity (Wildman–Crippen MR) is 196 cm³/mol. The van der Waals surface area contributed by atoms with Crippen LogP contribution in [0.5, 0.6) is 0 Å². The van der Waals surface area contributed by atoms with Crippen molar-refractivity contribution in [1.29, 1.82) is 0 Å². The molecule has 0 saturated carbocycles. The fraction of sp³-hybridized carbons (Fsp3) is 0. The lowest BCUT2D eigenvalue weighted by molar-refractivity contribution is 0.669. The highest BCUT2D eigenvalue weighted by Crippen LogP contribution is 2.44. The van der Waals surface area contributed by atoms with Gasteiger partial charge < -0.3 is 13.7 Å². The molecule has 0 bridgehead atoms. The van der Waals surface area contributed by atoms with Crippen molar-refractivity contribution in [3.63, 3.8) is 0 Å². The highest BCUT2D eigenvalue weighted by atomic mass is 16.3. The molecule has 10 aromatic rings. The summed E-state index contributed by atoms with van der Waals surface area (Å²) in [7, 11) is 0. The lowest BCUT2D eigenvalue weighted by Crippen LogP contribution is -2.11. The summed E-state index contributed by atoms with van der Waals surface area (Å²) in [6.07, 6.45) is 0. The van der Waals surface area contributed by atoms with Gasteiger partial charge in [0.2, 0.25) is 0 Å². The van der Waals surface area contributed by atoms with E-state index in [-0.39, 0.29) is 0 Å². The van der Waals surface area contributed by atoms with Crippen LogP contribution in [0, 0.1) is 0 Å². The van der Waals surface area contributed by atoms with Crippen molar-refractivity contribution in [2.24, 2.45) is 0 Å². The van der Waals surface area contributed by atoms with Gasteiger partial charge in [0.1, 0.15) is 22.3 Å². The molecule has 47 heavy (non-hydrogen) atoms. The van der Waals surface area contributed by atoms with Crippen LogP contribution >= 0.6 is 0 Å². The van der Waals surface area contributed by atoms with E-state index in [0.29, 0.717) is 0 Å². The van der Waals surface area contributed by atoms with Gasteiger partial charge in [-0.2, -0.15) is 0 Å². The second-order valence-corrected chi connectivity index (χ2v) is 12.1. The van der Waals surface area contributed by atoms with Crippen LogP contribution in [-0.2, 0) is 0 Å². The summed E-state index contributed by atoms with van der Waals surface area (Å²) in [4.78, 5) is 2.34. The molecule has 0 unspecified atom stereocenters. The zero-order chi connectivity index (χ0) is 30.9.